The predicted octanol–water partition coefficient (Wildman–Crippen LogP) is 4.68. The van der Waals surface area contributed by atoms with Gasteiger partial charge in [-0.05, 0) is 13.8 Å². The number of thiazole rings is 2. The van der Waals surface area contributed by atoms with Crippen LogP contribution in [0.2, 0.25) is 0 Å². The molecule has 2 heterocycles. The molecule has 0 aliphatic rings. The van der Waals surface area contributed by atoms with E-state index in [4.69, 9.17) is 0 Å². The maximum absolute atomic E-state index is 4.67. The number of fused-ring (bicyclic) bond motifs is 6. The van der Waals surface area contributed by atoms with Crippen LogP contribution in [-0.2, 0) is 0 Å². The van der Waals surface area contributed by atoms with Gasteiger partial charge in [0.25, 0.3) is 0 Å². The number of benzene rings is 2. The summed E-state index contributed by atoms with van der Waals surface area (Å²) in [7, 11) is 0. The van der Waals surface area contributed by atoms with Crippen LogP contribution in [0.4, 0.5) is 0 Å². The van der Waals surface area contributed by atoms with Crippen molar-refractivity contribution in [2.24, 2.45) is 0 Å². The Morgan fingerprint density at radius 2 is 1.22 bits per heavy atom. The van der Waals surface area contributed by atoms with Crippen molar-refractivity contribution in [1.82, 2.24) is 9.97 Å². The molecular formula is C14H10N2S2. The molecule has 2 nitrogen and oxygen atoms in total. The van der Waals surface area contributed by atoms with Crippen LogP contribution in [0, 0.1) is 13.8 Å². The Morgan fingerprint density at radius 3 is 1.67 bits per heavy atom. The van der Waals surface area contributed by atoms with Gasteiger partial charge in [-0.2, -0.15) is 0 Å². The van der Waals surface area contributed by atoms with Crippen molar-refractivity contribution < 1.29 is 0 Å². The number of nitrogens with zero attached hydrogens (tertiary/aromatic N) is 2. The van der Waals surface area contributed by atoms with Gasteiger partial charge in [0, 0.05) is 10.8 Å². The Balaban J connectivity index is 2.44. The minimum Gasteiger partial charge on any atom is -0.239 e. The van der Waals surface area contributed by atoms with E-state index in [9.17, 15) is 0 Å². The first-order valence-electron chi connectivity index (χ1n) is 5.79. The van der Waals surface area contributed by atoms with Crippen LogP contribution in [0.15, 0.2) is 24.3 Å². The van der Waals surface area contributed by atoms with Gasteiger partial charge in [-0.15, -0.1) is 22.7 Å². The Hall–Kier alpha value is -1.52. The molecule has 4 rings (SSSR count). The standard InChI is InChI=1S/C14H10N2S2/c1-7-15-11-12-14(18-8(2)16-12)10-6-4-3-5-9(10)13(11)17-7/h3-6H,1-2H3. The molecule has 0 atom stereocenters. The molecule has 0 saturated carbocycles. The molecule has 88 valence electrons. The summed E-state index contributed by atoms with van der Waals surface area (Å²) < 4.78 is 2.53. The molecule has 0 unspecified atom stereocenters. The molecular weight excluding hydrogens is 260 g/mol. The van der Waals surface area contributed by atoms with Crippen LogP contribution in [0.1, 0.15) is 10.0 Å². The average molecular weight is 270 g/mol. The molecule has 0 aliphatic carbocycles. The average Bonchev–Trinajstić information content (AvgIpc) is 2.92. The third kappa shape index (κ3) is 1.27. The van der Waals surface area contributed by atoms with Crippen molar-refractivity contribution in [3.8, 4) is 0 Å². The quantitative estimate of drug-likeness (QED) is 0.464. The van der Waals surface area contributed by atoms with Gasteiger partial charge < -0.3 is 0 Å². The summed E-state index contributed by atoms with van der Waals surface area (Å²) in [5, 5.41) is 4.81. The van der Waals surface area contributed by atoms with Crippen molar-refractivity contribution in [2.75, 3.05) is 0 Å². The minimum atomic E-state index is 1.07. The fourth-order valence-electron chi connectivity index (χ4n) is 2.42. The summed E-state index contributed by atoms with van der Waals surface area (Å²) in [4.78, 5) is 9.33. The van der Waals surface area contributed by atoms with Crippen LogP contribution in [-0.4, -0.2) is 9.97 Å². The zero-order chi connectivity index (χ0) is 12.3. The predicted molar refractivity (Wildman–Crippen MR) is 79.8 cm³/mol. The van der Waals surface area contributed by atoms with Crippen molar-refractivity contribution in [2.45, 2.75) is 13.8 Å². The molecule has 0 fully saturated rings. The van der Waals surface area contributed by atoms with Gasteiger partial charge in [-0.3, -0.25) is 0 Å². The van der Waals surface area contributed by atoms with Crippen LogP contribution >= 0.6 is 22.7 Å². The highest BCUT2D eigenvalue weighted by Crippen LogP contribution is 2.39. The van der Waals surface area contributed by atoms with E-state index in [1.165, 1.54) is 20.2 Å². The highest BCUT2D eigenvalue weighted by Gasteiger charge is 2.14. The van der Waals surface area contributed by atoms with Gasteiger partial charge in [-0.25, -0.2) is 9.97 Å². The van der Waals surface area contributed by atoms with Gasteiger partial charge in [0.1, 0.15) is 11.0 Å². The Labute approximate surface area is 112 Å². The Bertz CT molecular complexity index is 827. The molecule has 18 heavy (non-hydrogen) atoms. The van der Waals surface area contributed by atoms with Crippen molar-refractivity contribution >= 4 is 53.9 Å². The van der Waals surface area contributed by atoms with Crippen LogP contribution in [0.25, 0.3) is 31.2 Å². The maximum Gasteiger partial charge on any atom is 0.109 e. The second-order valence-electron chi connectivity index (χ2n) is 4.37. The summed E-state index contributed by atoms with van der Waals surface area (Å²) >= 11 is 3.52. The first-order valence-corrected chi connectivity index (χ1v) is 7.42. The van der Waals surface area contributed by atoms with E-state index in [0.717, 1.165) is 21.0 Å². The van der Waals surface area contributed by atoms with E-state index >= 15 is 0 Å². The summed E-state index contributed by atoms with van der Waals surface area (Å²) in [5.74, 6) is 0. The van der Waals surface area contributed by atoms with Crippen LogP contribution < -0.4 is 0 Å². The third-order valence-electron chi connectivity index (χ3n) is 3.11. The monoisotopic (exact) mass is 270 g/mol. The normalized spacial score (nSPS) is 11.9. The lowest BCUT2D eigenvalue weighted by atomic mass is 10.1. The SMILES string of the molecule is Cc1nc2c3nc(C)sc3c3ccccc3c2s1. The van der Waals surface area contributed by atoms with E-state index in [2.05, 4.69) is 48.1 Å². The van der Waals surface area contributed by atoms with Gasteiger partial charge in [0.2, 0.25) is 0 Å². The van der Waals surface area contributed by atoms with Gasteiger partial charge in [0.05, 0.1) is 19.4 Å². The molecule has 0 aliphatic heterocycles. The van der Waals surface area contributed by atoms with E-state index in [1.807, 2.05) is 0 Å². The lowest BCUT2D eigenvalue weighted by molar-refractivity contribution is 1.32. The van der Waals surface area contributed by atoms with Gasteiger partial charge in [-0.1, -0.05) is 24.3 Å². The van der Waals surface area contributed by atoms with E-state index < -0.39 is 0 Å². The second kappa shape index (κ2) is 3.49. The van der Waals surface area contributed by atoms with Crippen LogP contribution in [0.3, 0.4) is 0 Å². The lowest BCUT2D eigenvalue weighted by Gasteiger charge is -1.99. The Kier molecular flexibility index (Phi) is 2.02. The summed E-state index contributed by atoms with van der Waals surface area (Å²) in [6.45, 7) is 4.12. The third-order valence-corrected chi connectivity index (χ3v) is 5.12. The summed E-state index contributed by atoms with van der Waals surface area (Å²) in [5.41, 5.74) is 2.13. The van der Waals surface area contributed by atoms with Crippen molar-refractivity contribution in [3.63, 3.8) is 0 Å². The Morgan fingerprint density at radius 1 is 0.778 bits per heavy atom. The van der Waals surface area contributed by atoms with E-state index in [0.29, 0.717) is 0 Å². The fraction of sp³-hybridized carbons (Fsp3) is 0.143. The lowest BCUT2D eigenvalue weighted by Crippen LogP contribution is -1.78. The number of rotatable bonds is 0. The fourth-order valence-corrected chi connectivity index (χ4v) is 4.34. The van der Waals surface area contributed by atoms with Gasteiger partial charge in [0.15, 0.2) is 0 Å². The van der Waals surface area contributed by atoms with Crippen LogP contribution in [0.5, 0.6) is 0 Å². The number of hydrogen-bond donors (Lipinski definition) is 0. The van der Waals surface area contributed by atoms with Gasteiger partial charge >= 0.3 is 0 Å². The molecule has 0 saturated heterocycles. The minimum absolute atomic E-state index is 1.07. The van der Waals surface area contributed by atoms with Crippen molar-refractivity contribution in [1.29, 1.82) is 0 Å². The molecule has 0 amide bonds. The highest BCUT2D eigenvalue weighted by molar-refractivity contribution is 7.21. The molecule has 0 N–H and O–H groups in total. The van der Waals surface area contributed by atoms with E-state index in [-0.39, 0.29) is 0 Å². The van der Waals surface area contributed by atoms with Crippen molar-refractivity contribution in [3.05, 3.63) is 34.3 Å². The molecule has 0 bridgehead atoms. The zero-order valence-corrected chi connectivity index (χ0v) is 11.7. The number of hydrogen-bond acceptors (Lipinski definition) is 4. The summed E-state index contributed by atoms with van der Waals surface area (Å²) in [6, 6.07) is 8.56. The first kappa shape index (κ1) is 10.4. The second-order valence-corrected chi connectivity index (χ2v) is 6.77. The number of aromatic nitrogens is 2. The van der Waals surface area contributed by atoms with E-state index in [1.54, 1.807) is 22.7 Å². The molecule has 2 aromatic carbocycles. The smallest absolute Gasteiger partial charge is 0.109 e. The zero-order valence-electron chi connectivity index (χ0n) is 10.0. The topological polar surface area (TPSA) is 25.8 Å². The summed E-state index contributed by atoms with van der Waals surface area (Å²) in [6.07, 6.45) is 0. The maximum atomic E-state index is 4.67. The molecule has 2 aromatic heterocycles. The molecule has 4 aromatic rings. The molecule has 0 radical (unpaired) electrons. The first-order chi connectivity index (χ1) is 8.74. The highest BCUT2D eigenvalue weighted by atomic mass is 32.1. The molecule has 4 heteroatoms. The largest absolute Gasteiger partial charge is 0.239 e. The molecule has 0 spiro atoms. The number of aryl methyl sites for hydroxylation is 2.